The van der Waals surface area contributed by atoms with Gasteiger partial charge in [0, 0.05) is 13.6 Å². The molecule has 18 heavy (non-hydrogen) atoms. The van der Waals surface area contributed by atoms with Crippen LogP contribution in [0.1, 0.15) is 24.2 Å². The molecule has 0 radical (unpaired) electrons. The number of anilines is 1. The van der Waals surface area contributed by atoms with Crippen LogP contribution in [0.25, 0.3) is 0 Å². The molecule has 0 aliphatic rings. The molecule has 0 fully saturated rings. The van der Waals surface area contributed by atoms with Crippen LogP contribution in [-0.4, -0.2) is 42.1 Å². The normalized spacial score (nSPS) is 10.7. The maximum absolute atomic E-state index is 13.0. The number of pyridine rings is 1. The summed E-state index contributed by atoms with van der Waals surface area (Å²) in [4.78, 5) is 17.0. The molecule has 0 saturated carbocycles. The number of carbonyl (C=O) groups excluding carboxylic acids is 1. The molecule has 0 atom stereocenters. The van der Waals surface area contributed by atoms with Gasteiger partial charge < -0.3 is 15.4 Å². The number of ether oxygens (including phenoxy) is 1. The minimum atomic E-state index is -0.584. The van der Waals surface area contributed by atoms with Crippen molar-refractivity contribution in [3.8, 4) is 0 Å². The van der Waals surface area contributed by atoms with E-state index in [1.165, 1.54) is 4.90 Å². The first-order chi connectivity index (χ1) is 8.41. The average Bonchev–Trinajstić information content (AvgIpc) is 2.30. The SMILES string of the molecule is CC(C)OCCN(C)C(=O)c1cc(F)cnc1N. The maximum atomic E-state index is 13.0. The van der Waals surface area contributed by atoms with E-state index in [2.05, 4.69) is 4.98 Å². The van der Waals surface area contributed by atoms with Crippen LogP contribution in [0.2, 0.25) is 0 Å². The molecule has 0 aromatic carbocycles. The van der Waals surface area contributed by atoms with Gasteiger partial charge >= 0.3 is 0 Å². The second kappa shape index (κ2) is 6.30. The summed E-state index contributed by atoms with van der Waals surface area (Å²) in [5, 5.41) is 0. The van der Waals surface area contributed by atoms with Crippen LogP contribution >= 0.6 is 0 Å². The lowest BCUT2D eigenvalue weighted by Gasteiger charge is -2.18. The van der Waals surface area contributed by atoms with Crippen LogP contribution < -0.4 is 5.73 Å². The van der Waals surface area contributed by atoms with Crippen molar-refractivity contribution in [1.29, 1.82) is 0 Å². The van der Waals surface area contributed by atoms with Gasteiger partial charge in [0.25, 0.3) is 5.91 Å². The highest BCUT2D eigenvalue weighted by Gasteiger charge is 2.16. The van der Waals surface area contributed by atoms with E-state index in [0.717, 1.165) is 12.3 Å². The molecule has 0 aliphatic heterocycles. The Morgan fingerprint density at radius 2 is 2.28 bits per heavy atom. The van der Waals surface area contributed by atoms with E-state index in [9.17, 15) is 9.18 Å². The number of aromatic nitrogens is 1. The predicted molar refractivity (Wildman–Crippen MR) is 66.7 cm³/mol. The molecule has 0 spiro atoms. The second-order valence-electron chi connectivity index (χ2n) is 4.23. The van der Waals surface area contributed by atoms with Crippen molar-refractivity contribution in [3.63, 3.8) is 0 Å². The number of hydrogen-bond donors (Lipinski definition) is 1. The molecule has 5 nitrogen and oxygen atoms in total. The molecule has 0 unspecified atom stereocenters. The molecule has 100 valence electrons. The Labute approximate surface area is 106 Å². The van der Waals surface area contributed by atoms with E-state index in [0.29, 0.717) is 13.2 Å². The fourth-order valence-corrected chi connectivity index (χ4v) is 1.35. The van der Waals surface area contributed by atoms with Crippen LogP contribution in [0.5, 0.6) is 0 Å². The number of amides is 1. The summed E-state index contributed by atoms with van der Waals surface area (Å²) in [6, 6.07) is 1.09. The molecule has 0 bridgehead atoms. The molecule has 2 N–H and O–H groups in total. The number of rotatable bonds is 5. The standard InChI is InChI=1S/C12H18FN3O2/c1-8(2)18-5-4-16(3)12(17)10-6-9(13)7-15-11(10)14/h6-8H,4-5H2,1-3H3,(H2,14,15). The van der Waals surface area contributed by atoms with Gasteiger partial charge in [0.05, 0.1) is 24.5 Å². The second-order valence-corrected chi connectivity index (χ2v) is 4.23. The lowest BCUT2D eigenvalue weighted by atomic mass is 10.2. The molecule has 0 aliphatic carbocycles. The van der Waals surface area contributed by atoms with Gasteiger partial charge in [-0.15, -0.1) is 0 Å². The highest BCUT2D eigenvalue weighted by molar-refractivity contribution is 5.98. The summed E-state index contributed by atoms with van der Waals surface area (Å²) >= 11 is 0. The van der Waals surface area contributed by atoms with Crippen molar-refractivity contribution in [2.24, 2.45) is 0 Å². The zero-order valence-electron chi connectivity index (χ0n) is 10.8. The molecule has 1 aromatic heterocycles. The Morgan fingerprint density at radius 3 is 2.89 bits per heavy atom. The third-order valence-corrected chi connectivity index (χ3v) is 2.34. The van der Waals surface area contributed by atoms with Crippen LogP contribution in [0.4, 0.5) is 10.2 Å². The van der Waals surface area contributed by atoms with E-state index >= 15 is 0 Å². The number of halogens is 1. The lowest BCUT2D eigenvalue weighted by molar-refractivity contribution is 0.0532. The van der Waals surface area contributed by atoms with Crippen molar-refractivity contribution >= 4 is 11.7 Å². The summed E-state index contributed by atoms with van der Waals surface area (Å²) < 4.78 is 18.4. The Bertz CT molecular complexity index is 424. The molecule has 0 saturated heterocycles. The van der Waals surface area contributed by atoms with Crippen molar-refractivity contribution in [1.82, 2.24) is 9.88 Å². The Balaban J connectivity index is 2.65. The minimum Gasteiger partial charge on any atom is -0.383 e. The van der Waals surface area contributed by atoms with Crippen molar-refractivity contribution in [2.75, 3.05) is 25.9 Å². The first-order valence-electron chi connectivity index (χ1n) is 5.70. The first-order valence-corrected chi connectivity index (χ1v) is 5.70. The zero-order valence-corrected chi connectivity index (χ0v) is 10.8. The average molecular weight is 255 g/mol. The van der Waals surface area contributed by atoms with E-state index < -0.39 is 5.82 Å². The van der Waals surface area contributed by atoms with Crippen LogP contribution in [0.15, 0.2) is 12.3 Å². The quantitative estimate of drug-likeness (QED) is 0.861. The number of carbonyl (C=O) groups is 1. The Kier molecular flexibility index (Phi) is 5.03. The van der Waals surface area contributed by atoms with E-state index in [1.807, 2.05) is 13.8 Å². The highest BCUT2D eigenvalue weighted by Crippen LogP contribution is 2.12. The smallest absolute Gasteiger partial charge is 0.257 e. The van der Waals surface area contributed by atoms with Gasteiger partial charge in [-0.2, -0.15) is 0 Å². The summed E-state index contributed by atoms with van der Waals surface area (Å²) in [5.74, 6) is -0.927. The number of nitrogen functional groups attached to an aromatic ring is 1. The van der Waals surface area contributed by atoms with Gasteiger partial charge in [0.2, 0.25) is 0 Å². The van der Waals surface area contributed by atoms with Gasteiger partial charge in [0.15, 0.2) is 0 Å². The van der Waals surface area contributed by atoms with Crippen LogP contribution in [-0.2, 0) is 4.74 Å². The van der Waals surface area contributed by atoms with E-state index in [-0.39, 0.29) is 23.4 Å². The molecule has 1 rings (SSSR count). The Hall–Kier alpha value is -1.69. The topological polar surface area (TPSA) is 68.5 Å². The summed E-state index contributed by atoms with van der Waals surface area (Å²) in [7, 11) is 1.61. The van der Waals surface area contributed by atoms with Crippen molar-refractivity contribution in [3.05, 3.63) is 23.6 Å². The molecule has 1 heterocycles. The summed E-state index contributed by atoms with van der Waals surface area (Å²) in [6.45, 7) is 4.65. The van der Waals surface area contributed by atoms with Gasteiger partial charge in [-0.05, 0) is 19.9 Å². The summed E-state index contributed by atoms with van der Waals surface area (Å²) in [5.41, 5.74) is 5.62. The number of nitrogens with two attached hydrogens (primary N) is 1. The van der Waals surface area contributed by atoms with E-state index in [4.69, 9.17) is 10.5 Å². The Morgan fingerprint density at radius 1 is 1.61 bits per heavy atom. The monoisotopic (exact) mass is 255 g/mol. The third kappa shape index (κ3) is 3.96. The molecule has 1 amide bonds. The molecular weight excluding hydrogens is 237 g/mol. The van der Waals surface area contributed by atoms with Crippen molar-refractivity contribution < 1.29 is 13.9 Å². The fourth-order valence-electron chi connectivity index (χ4n) is 1.35. The fraction of sp³-hybridized carbons (Fsp3) is 0.500. The van der Waals surface area contributed by atoms with Crippen molar-refractivity contribution in [2.45, 2.75) is 20.0 Å². The maximum Gasteiger partial charge on any atom is 0.257 e. The molecule has 6 heteroatoms. The van der Waals surface area contributed by atoms with E-state index in [1.54, 1.807) is 7.05 Å². The van der Waals surface area contributed by atoms with Crippen LogP contribution in [0, 0.1) is 5.82 Å². The first kappa shape index (κ1) is 14.4. The largest absolute Gasteiger partial charge is 0.383 e. The lowest BCUT2D eigenvalue weighted by Crippen LogP contribution is -2.31. The van der Waals surface area contributed by atoms with Gasteiger partial charge in [-0.3, -0.25) is 4.79 Å². The van der Waals surface area contributed by atoms with Gasteiger partial charge in [-0.1, -0.05) is 0 Å². The minimum absolute atomic E-state index is 0.0260. The highest BCUT2D eigenvalue weighted by atomic mass is 19.1. The number of likely N-dealkylation sites (N-methyl/N-ethyl adjacent to an activating group) is 1. The molecule has 1 aromatic rings. The predicted octanol–water partition coefficient (Wildman–Crippen LogP) is 1.30. The number of hydrogen-bond acceptors (Lipinski definition) is 4. The zero-order chi connectivity index (χ0) is 13.7. The summed E-state index contributed by atoms with van der Waals surface area (Å²) in [6.07, 6.45) is 1.09. The number of nitrogens with zero attached hydrogens (tertiary/aromatic N) is 2. The van der Waals surface area contributed by atoms with Crippen LogP contribution in [0.3, 0.4) is 0 Å². The van der Waals surface area contributed by atoms with Gasteiger partial charge in [0.1, 0.15) is 11.6 Å². The molecular formula is C12H18FN3O2. The third-order valence-electron chi connectivity index (χ3n) is 2.34. The van der Waals surface area contributed by atoms with Gasteiger partial charge in [-0.25, -0.2) is 9.37 Å².